The summed E-state index contributed by atoms with van der Waals surface area (Å²) < 4.78 is 2.85. The molecule has 10 heteroatoms. The highest BCUT2D eigenvalue weighted by atomic mass is 32.1. The second-order valence-corrected chi connectivity index (χ2v) is 9.24. The Kier molecular flexibility index (Phi) is 5.84. The molecule has 0 aromatic carbocycles. The fraction of sp³-hybridized carbons (Fsp3) is 0.286. The third-order valence-corrected chi connectivity index (χ3v) is 7.03. The van der Waals surface area contributed by atoms with Gasteiger partial charge in [-0.15, -0.1) is 27.8 Å². The second-order valence-electron chi connectivity index (χ2n) is 7.21. The van der Waals surface area contributed by atoms with Crippen molar-refractivity contribution in [2.75, 3.05) is 0 Å². The van der Waals surface area contributed by atoms with Crippen LogP contribution in [0, 0.1) is 20.8 Å². The largest absolute Gasteiger partial charge is 0.349 e. The Labute approximate surface area is 187 Å². The average Bonchev–Trinajstić information content (AvgIpc) is 3.46. The number of hydrogen-bond donors (Lipinski definition) is 1. The lowest BCUT2D eigenvalue weighted by atomic mass is 10.3. The zero-order valence-electron chi connectivity index (χ0n) is 17.6. The van der Waals surface area contributed by atoms with Crippen LogP contribution in [0.2, 0.25) is 0 Å². The van der Waals surface area contributed by atoms with Crippen molar-refractivity contribution in [1.29, 1.82) is 0 Å². The van der Waals surface area contributed by atoms with Crippen LogP contribution in [-0.2, 0) is 11.3 Å². The number of nitrogens with one attached hydrogen (secondary N) is 1. The van der Waals surface area contributed by atoms with Crippen molar-refractivity contribution < 1.29 is 4.79 Å². The third-order valence-electron chi connectivity index (χ3n) is 4.83. The molecule has 4 aromatic heterocycles. The fourth-order valence-corrected chi connectivity index (χ4v) is 4.99. The third kappa shape index (κ3) is 4.35. The molecule has 8 nitrogen and oxygen atoms in total. The molecule has 0 fully saturated rings. The summed E-state index contributed by atoms with van der Waals surface area (Å²) in [6, 6.07) is 8.19. The number of aryl methyl sites for hydroxylation is 3. The predicted octanol–water partition coefficient (Wildman–Crippen LogP) is 3.42. The molecular formula is C21H22N6O2S2. The van der Waals surface area contributed by atoms with E-state index < -0.39 is 6.04 Å². The number of carbonyl (C=O) groups excluding carboxylic acids is 1. The number of nitrogens with zero attached hydrogens (tertiary/aromatic N) is 5. The monoisotopic (exact) mass is 454 g/mol. The quantitative estimate of drug-likeness (QED) is 0.482. The van der Waals surface area contributed by atoms with Gasteiger partial charge in [-0.3, -0.25) is 9.59 Å². The fourth-order valence-electron chi connectivity index (χ4n) is 3.19. The molecule has 0 spiro atoms. The van der Waals surface area contributed by atoms with Crippen LogP contribution < -0.4 is 10.9 Å². The van der Waals surface area contributed by atoms with E-state index in [9.17, 15) is 9.59 Å². The number of rotatable bonds is 6. The molecule has 0 saturated heterocycles. The molecule has 31 heavy (non-hydrogen) atoms. The van der Waals surface area contributed by atoms with E-state index >= 15 is 0 Å². The van der Waals surface area contributed by atoms with Gasteiger partial charge in [-0.2, -0.15) is 5.10 Å². The molecule has 0 aliphatic heterocycles. The van der Waals surface area contributed by atoms with Gasteiger partial charge in [0.2, 0.25) is 5.91 Å². The molecule has 160 valence electrons. The number of thiophene rings is 1. The molecule has 4 heterocycles. The number of hydrogen-bond acceptors (Lipinski definition) is 7. The van der Waals surface area contributed by atoms with Gasteiger partial charge in [0, 0.05) is 16.6 Å². The highest BCUT2D eigenvalue weighted by molar-refractivity contribution is 7.21. The number of amides is 1. The van der Waals surface area contributed by atoms with Gasteiger partial charge in [0.25, 0.3) is 5.56 Å². The maximum atomic E-state index is 12.8. The van der Waals surface area contributed by atoms with E-state index in [0.717, 1.165) is 31.8 Å². The van der Waals surface area contributed by atoms with Crippen LogP contribution in [0.15, 0.2) is 40.5 Å². The molecule has 0 aliphatic rings. The van der Waals surface area contributed by atoms with Crippen molar-refractivity contribution in [1.82, 2.24) is 29.9 Å². The molecular weight excluding hydrogens is 432 g/mol. The van der Waals surface area contributed by atoms with Crippen LogP contribution in [0.25, 0.3) is 15.7 Å². The summed E-state index contributed by atoms with van der Waals surface area (Å²) in [6.07, 6.45) is 0. The first-order valence-corrected chi connectivity index (χ1v) is 11.4. The van der Waals surface area contributed by atoms with Gasteiger partial charge in [0.1, 0.15) is 11.0 Å². The molecule has 0 saturated carbocycles. The molecule has 1 amide bonds. The van der Waals surface area contributed by atoms with E-state index in [-0.39, 0.29) is 11.5 Å². The first-order valence-electron chi connectivity index (χ1n) is 9.75. The molecule has 0 aliphatic carbocycles. The molecule has 4 aromatic rings. The molecule has 0 bridgehead atoms. The summed E-state index contributed by atoms with van der Waals surface area (Å²) in [4.78, 5) is 31.9. The maximum absolute atomic E-state index is 12.8. The Bertz CT molecular complexity index is 1290. The van der Waals surface area contributed by atoms with Gasteiger partial charge in [-0.05, 0) is 51.3 Å². The van der Waals surface area contributed by atoms with Crippen molar-refractivity contribution >= 4 is 28.6 Å². The Morgan fingerprint density at radius 2 is 2.00 bits per heavy atom. The molecule has 0 radical (unpaired) electrons. The smallest absolute Gasteiger partial charge is 0.267 e. The van der Waals surface area contributed by atoms with Crippen LogP contribution in [0.4, 0.5) is 0 Å². The standard InChI is InChI=1S/C21H22N6O2S2/c1-12-10-13(2)26(24-12)18-7-8-19(28)27(25-18)15(4)20(29)22-11-17-14(3)23-21(31-17)16-6-5-9-30-16/h5-10,15H,11H2,1-4H3,(H,22,29). The molecule has 4 rings (SSSR count). The first kappa shape index (κ1) is 21.1. The number of aromatic nitrogens is 5. The Hall–Kier alpha value is -3.11. The molecule has 1 atom stereocenters. The van der Waals surface area contributed by atoms with E-state index in [0.29, 0.717) is 12.4 Å². The van der Waals surface area contributed by atoms with Crippen molar-refractivity contribution in [3.8, 4) is 15.7 Å². The van der Waals surface area contributed by atoms with Crippen molar-refractivity contribution in [3.05, 3.63) is 68.0 Å². The SMILES string of the molecule is Cc1cc(C)n(-c2ccc(=O)n(C(C)C(=O)NCc3sc(-c4cccs4)nc3C)n2)n1. The summed E-state index contributed by atoms with van der Waals surface area (Å²) in [5.74, 6) is 0.203. The zero-order chi connectivity index (χ0) is 22.1. The Morgan fingerprint density at radius 1 is 1.19 bits per heavy atom. The predicted molar refractivity (Wildman–Crippen MR) is 122 cm³/mol. The number of thiazole rings is 1. The van der Waals surface area contributed by atoms with Crippen LogP contribution in [0.5, 0.6) is 0 Å². The highest BCUT2D eigenvalue weighted by Gasteiger charge is 2.19. The van der Waals surface area contributed by atoms with Crippen molar-refractivity contribution in [3.63, 3.8) is 0 Å². The Morgan fingerprint density at radius 3 is 2.68 bits per heavy atom. The van der Waals surface area contributed by atoms with Gasteiger partial charge in [0.15, 0.2) is 5.82 Å². The summed E-state index contributed by atoms with van der Waals surface area (Å²) in [7, 11) is 0. The van der Waals surface area contributed by atoms with Crippen LogP contribution in [-0.4, -0.2) is 30.5 Å². The van der Waals surface area contributed by atoms with Crippen molar-refractivity contribution in [2.24, 2.45) is 0 Å². The lowest BCUT2D eigenvalue weighted by molar-refractivity contribution is -0.124. The van der Waals surface area contributed by atoms with Crippen LogP contribution in [0.3, 0.4) is 0 Å². The zero-order valence-corrected chi connectivity index (χ0v) is 19.3. The minimum absolute atomic E-state index is 0.286. The normalized spacial score (nSPS) is 12.1. The van der Waals surface area contributed by atoms with Crippen molar-refractivity contribution in [2.45, 2.75) is 40.3 Å². The van der Waals surface area contributed by atoms with Gasteiger partial charge in [-0.25, -0.2) is 14.3 Å². The van der Waals surface area contributed by atoms with E-state index in [1.807, 2.05) is 44.4 Å². The second kappa shape index (κ2) is 8.56. The van der Waals surface area contributed by atoms with Crippen LogP contribution in [0.1, 0.15) is 34.9 Å². The average molecular weight is 455 g/mol. The lowest BCUT2D eigenvalue weighted by Gasteiger charge is -2.15. The first-order chi connectivity index (χ1) is 14.8. The minimum Gasteiger partial charge on any atom is -0.349 e. The van der Waals surface area contributed by atoms with E-state index in [1.54, 1.807) is 40.3 Å². The lowest BCUT2D eigenvalue weighted by Crippen LogP contribution is -2.37. The van der Waals surface area contributed by atoms with Gasteiger partial charge < -0.3 is 5.32 Å². The van der Waals surface area contributed by atoms with Gasteiger partial charge in [0.05, 0.1) is 22.8 Å². The summed E-state index contributed by atoms with van der Waals surface area (Å²) in [5.41, 5.74) is 2.30. The highest BCUT2D eigenvalue weighted by Crippen LogP contribution is 2.31. The van der Waals surface area contributed by atoms with Gasteiger partial charge >= 0.3 is 0 Å². The summed E-state index contributed by atoms with van der Waals surface area (Å²) in [5, 5.41) is 14.7. The maximum Gasteiger partial charge on any atom is 0.267 e. The number of carbonyl (C=O) groups is 1. The Balaban J connectivity index is 1.50. The molecule has 1 unspecified atom stereocenters. The summed E-state index contributed by atoms with van der Waals surface area (Å²) in [6.45, 7) is 7.74. The van der Waals surface area contributed by atoms with Gasteiger partial charge in [-0.1, -0.05) is 6.07 Å². The van der Waals surface area contributed by atoms with Crippen LogP contribution >= 0.6 is 22.7 Å². The topological polar surface area (TPSA) is 94.7 Å². The summed E-state index contributed by atoms with van der Waals surface area (Å²) >= 11 is 3.20. The molecule has 1 N–H and O–H groups in total. The minimum atomic E-state index is -0.769. The van der Waals surface area contributed by atoms with E-state index in [1.165, 1.54) is 10.7 Å². The van der Waals surface area contributed by atoms with E-state index in [4.69, 9.17) is 0 Å². The van der Waals surface area contributed by atoms with E-state index in [2.05, 4.69) is 20.5 Å².